The molecule has 4 nitrogen and oxygen atoms in total. The van der Waals surface area contributed by atoms with Gasteiger partial charge in [-0.05, 0) is 19.8 Å². The molecule has 1 amide bonds. The molecule has 0 heterocycles. The van der Waals surface area contributed by atoms with Crippen LogP contribution in [0.2, 0.25) is 0 Å². The quantitative estimate of drug-likeness (QED) is 0.627. The molecule has 1 rings (SSSR count). The zero-order valence-electron chi connectivity index (χ0n) is 9.49. The van der Waals surface area contributed by atoms with E-state index in [-0.39, 0.29) is 5.91 Å². The highest BCUT2D eigenvalue weighted by atomic mass is 32.2. The van der Waals surface area contributed by atoms with Gasteiger partial charge in [0.25, 0.3) is 0 Å². The second kappa shape index (κ2) is 6.23. The molecule has 1 fully saturated rings. The number of likely N-dealkylation sites (N-methyl/N-ethyl adjacent to an activating group) is 1. The molecule has 1 aliphatic rings. The fourth-order valence-electron chi connectivity index (χ4n) is 1.54. The predicted octanol–water partition coefficient (Wildman–Crippen LogP) is -0.0346. The average Bonchev–Trinajstić information content (AvgIpc) is 2.97. The molecule has 0 aliphatic heterocycles. The SMILES string of the molecule is CCN(C(=O)CNCCS(C)=O)C1CC1. The van der Waals surface area contributed by atoms with E-state index in [1.54, 1.807) is 6.26 Å². The smallest absolute Gasteiger partial charge is 0.236 e. The fourth-order valence-corrected chi connectivity index (χ4v) is 1.97. The van der Waals surface area contributed by atoms with Crippen LogP contribution in [0.5, 0.6) is 0 Å². The van der Waals surface area contributed by atoms with Crippen molar-refractivity contribution in [1.29, 1.82) is 0 Å². The third-order valence-electron chi connectivity index (χ3n) is 2.49. The van der Waals surface area contributed by atoms with E-state index in [0.717, 1.165) is 19.4 Å². The van der Waals surface area contributed by atoms with Gasteiger partial charge < -0.3 is 10.2 Å². The Labute approximate surface area is 93.9 Å². The van der Waals surface area contributed by atoms with E-state index in [1.165, 1.54) is 0 Å². The van der Waals surface area contributed by atoms with Crippen molar-refractivity contribution >= 4 is 16.7 Å². The Kier molecular flexibility index (Phi) is 5.25. The van der Waals surface area contributed by atoms with Crippen LogP contribution in [0.25, 0.3) is 0 Å². The van der Waals surface area contributed by atoms with Gasteiger partial charge in [-0.15, -0.1) is 0 Å². The van der Waals surface area contributed by atoms with Crippen LogP contribution in [0.15, 0.2) is 0 Å². The maximum atomic E-state index is 11.7. The highest BCUT2D eigenvalue weighted by molar-refractivity contribution is 7.84. The maximum absolute atomic E-state index is 11.7. The van der Waals surface area contributed by atoms with Gasteiger partial charge in [0.15, 0.2) is 0 Å². The van der Waals surface area contributed by atoms with Crippen LogP contribution in [0.3, 0.4) is 0 Å². The minimum absolute atomic E-state index is 0.168. The predicted molar refractivity (Wildman–Crippen MR) is 62.2 cm³/mol. The zero-order valence-corrected chi connectivity index (χ0v) is 10.3. The van der Waals surface area contributed by atoms with Crippen molar-refractivity contribution in [3.8, 4) is 0 Å². The van der Waals surface area contributed by atoms with Gasteiger partial charge in [-0.1, -0.05) is 0 Å². The van der Waals surface area contributed by atoms with Crippen LogP contribution in [-0.2, 0) is 15.6 Å². The molecule has 1 atom stereocenters. The number of carbonyl (C=O) groups excluding carboxylic acids is 1. The minimum atomic E-state index is -0.777. The number of rotatable bonds is 7. The first-order chi connectivity index (χ1) is 7.15. The van der Waals surface area contributed by atoms with Crippen LogP contribution in [0.1, 0.15) is 19.8 Å². The Bertz CT molecular complexity index is 242. The molecule has 0 spiro atoms. The number of amides is 1. The molecule has 1 unspecified atom stereocenters. The molecule has 0 aromatic heterocycles. The van der Waals surface area contributed by atoms with E-state index in [2.05, 4.69) is 5.32 Å². The maximum Gasteiger partial charge on any atom is 0.236 e. The summed E-state index contributed by atoms with van der Waals surface area (Å²) in [5, 5.41) is 3.03. The molecule has 1 aliphatic carbocycles. The normalized spacial score (nSPS) is 17.5. The molecule has 0 radical (unpaired) electrons. The van der Waals surface area contributed by atoms with Gasteiger partial charge in [-0.2, -0.15) is 0 Å². The number of hydrogen-bond acceptors (Lipinski definition) is 3. The topological polar surface area (TPSA) is 49.4 Å². The Hall–Kier alpha value is -0.420. The van der Waals surface area contributed by atoms with Gasteiger partial charge in [0, 0.05) is 41.9 Å². The van der Waals surface area contributed by atoms with Crippen LogP contribution < -0.4 is 5.32 Å². The molecule has 1 saturated carbocycles. The molecule has 15 heavy (non-hydrogen) atoms. The largest absolute Gasteiger partial charge is 0.339 e. The molecule has 5 heteroatoms. The molecular formula is C10H20N2O2S. The lowest BCUT2D eigenvalue weighted by Crippen LogP contribution is -2.40. The number of nitrogens with zero attached hydrogens (tertiary/aromatic N) is 1. The van der Waals surface area contributed by atoms with E-state index < -0.39 is 10.8 Å². The molecule has 0 aromatic rings. The molecule has 0 aromatic carbocycles. The lowest BCUT2D eigenvalue weighted by atomic mass is 10.4. The molecule has 1 N–H and O–H groups in total. The molecular weight excluding hydrogens is 212 g/mol. The first kappa shape index (κ1) is 12.6. The van der Waals surface area contributed by atoms with Crippen LogP contribution in [0.4, 0.5) is 0 Å². The van der Waals surface area contributed by atoms with Gasteiger partial charge in [-0.25, -0.2) is 0 Å². The molecule has 0 saturated heterocycles. The second-order valence-electron chi connectivity index (χ2n) is 3.87. The van der Waals surface area contributed by atoms with E-state index in [1.807, 2.05) is 11.8 Å². The van der Waals surface area contributed by atoms with E-state index in [9.17, 15) is 9.00 Å². The monoisotopic (exact) mass is 232 g/mol. The first-order valence-corrected chi connectivity index (χ1v) is 7.18. The summed E-state index contributed by atoms with van der Waals surface area (Å²) in [6, 6.07) is 0.490. The molecule has 88 valence electrons. The zero-order chi connectivity index (χ0) is 11.3. The number of carbonyl (C=O) groups is 1. The summed E-state index contributed by atoms with van der Waals surface area (Å²) in [7, 11) is -0.777. The summed E-state index contributed by atoms with van der Waals surface area (Å²) in [5.41, 5.74) is 0. The minimum Gasteiger partial charge on any atom is -0.339 e. The third kappa shape index (κ3) is 4.75. The summed E-state index contributed by atoms with van der Waals surface area (Å²) in [5.74, 6) is 0.782. The van der Waals surface area contributed by atoms with Crippen molar-refractivity contribution < 1.29 is 9.00 Å². The third-order valence-corrected chi connectivity index (χ3v) is 3.27. The first-order valence-electron chi connectivity index (χ1n) is 5.45. The highest BCUT2D eigenvalue weighted by Gasteiger charge is 2.30. The second-order valence-corrected chi connectivity index (χ2v) is 5.42. The summed E-state index contributed by atoms with van der Waals surface area (Å²) in [6.45, 7) is 3.83. The van der Waals surface area contributed by atoms with Crippen LogP contribution in [0, 0.1) is 0 Å². The standard InChI is InChI=1S/C10H20N2O2S/c1-3-12(9-4-5-9)10(13)8-11-6-7-15(2)14/h9,11H,3-8H2,1-2H3. The van der Waals surface area contributed by atoms with Gasteiger partial charge in [-0.3, -0.25) is 9.00 Å². The average molecular weight is 232 g/mol. The van der Waals surface area contributed by atoms with Gasteiger partial charge >= 0.3 is 0 Å². The van der Waals surface area contributed by atoms with E-state index in [0.29, 0.717) is 24.9 Å². The van der Waals surface area contributed by atoms with Gasteiger partial charge in [0.2, 0.25) is 5.91 Å². The van der Waals surface area contributed by atoms with Crippen molar-refractivity contribution in [2.75, 3.05) is 31.6 Å². The van der Waals surface area contributed by atoms with Crippen molar-refractivity contribution in [3.63, 3.8) is 0 Å². The lowest BCUT2D eigenvalue weighted by Gasteiger charge is -2.20. The van der Waals surface area contributed by atoms with E-state index in [4.69, 9.17) is 0 Å². The number of hydrogen-bond donors (Lipinski definition) is 1. The van der Waals surface area contributed by atoms with Crippen LogP contribution >= 0.6 is 0 Å². The Balaban J connectivity index is 2.13. The summed E-state index contributed by atoms with van der Waals surface area (Å²) >= 11 is 0. The van der Waals surface area contributed by atoms with Crippen molar-refractivity contribution in [2.24, 2.45) is 0 Å². The number of nitrogens with one attached hydrogen (secondary N) is 1. The van der Waals surface area contributed by atoms with Crippen LogP contribution in [-0.4, -0.2) is 52.7 Å². The molecule has 0 bridgehead atoms. The summed E-state index contributed by atoms with van der Waals surface area (Å²) in [6.07, 6.45) is 3.98. The summed E-state index contributed by atoms with van der Waals surface area (Å²) in [4.78, 5) is 13.6. The van der Waals surface area contributed by atoms with Gasteiger partial charge in [0.1, 0.15) is 0 Å². The fraction of sp³-hybridized carbons (Fsp3) is 0.900. The van der Waals surface area contributed by atoms with Crippen molar-refractivity contribution in [2.45, 2.75) is 25.8 Å². The summed E-state index contributed by atoms with van der Waals surface area (Å²) < 4.78 is 10.8. The van der Waals surface area contributed by atoms with Crippen molar-refractivity contribution in [1.82, 2.24) is 10.2 Å². The van der Waals surface area contributed by atoms with Crippen molar-refractivity contribution in [3.05, 3.63) is 0 Å². The highest BCUT2D eigenvalue weighted by Crippen LogP contribution is 2.26. The Morgan fingerprint density at radius 3 is 2.67 bits per heavy atom. The van der Waals surface area contributed by atoms with Gasteiger partial charge in [0.05, 0.1) is 6.54 Å². The Morgan fingerprint density at radius 1 is 1.53 bits per heavy atom. The van der Waals surface area contributed by atoms with E-state index >= 15 is 0 Å². The lowest BCUT2D eigenvalue weighted by molar-refractivity contribution is -0.130. The Morgan fingerprint density at radius 2 is 2.20 bits per heavy atom.